The fraction of sp³-hybridized carbons (Fsp3) is 0. The Morgan fingerprint density at radius 1 is 0.391 bits per heavy atom. The molecule has 0 saturated heterocycles. The number of rotatable bonds is 16. The van der Waals surface area contributed by atoms with Crippen molar-refractivity contribution in [3.63, 3.8) is 0 Å². The number of nitrogens with one attached hydrogen (secondary N) is 1. The fourth-order valence-electron chi connectivity index (χ4n) is 6.23. The standard InChI is InChI=1S/C48H42N4O8P4/c1-9-25-41(26-10-1)53-51-62(55-43-29-13-3-14-30-43)49-61-50-63(56-44-31-15-4-16-32-44,57-45-33-17-5-18-34-45)52(54-42-27-11-2-12-28-42)64(51,58-46-35-19-6-20-36-46,59-47-37-21-7-22-38-47)60-48-39-23-8-24-40-48/h1-40,49,61H. The summed E-state index contributed by atoms with van der Waals surface area (Å²) in [6.07, 6.45) is 0. The summed E-state index contributed by atoms with van der Waals surface area (Å²) in [5.41, 5.74) is 0. The summed E-state index contributed by atoms with van der Waals surface area (Å²) in [6.45, 7) is 0. The monoisotopic (exact) mass is 926 g/mol. The van der Waals surface area contributed by atoms with Gasteiger partial charge in [0.15, 0.2) is 0 Å². The summed E-state index contributed by atoms with van der Waals surface area (Å²) in [5.74, 6) is 2.90. The maximum absolute atomic E-state index is 7.74. The molecule has 1 aliphatic heterocycles. The van der Waals surface area contributed by atoms with Crippen LogP contribution in [0.5, 0.6) is 46.0 Å². The zero-order chi connectivity index (χ0) is 43.4. The molecule has 0 amide bonds. The molecule has 2 unspecified atom stereocenters. The summed E-state index contributed by atoms with van der Waals surface area (Å²) in [6, 6.07) is 73.8. The van der Waals surface area contributed by atoms with Gasteiger partial charge in [-0.1, -0.05) is 0 Å². The average Bonchev–Trinajstić information content (AvgIpc) is 3.34. The van der Waals surface area contributed by atoms with Crippen molar-refractivity contribution in [2.24, 2.45) is 4.52 Å². The van der Waals surface area contributed by atoms with Gasteiger partial charge in [-0.3, -0.25) is 0 Å². The molecule has 9 rings (SSSR count). The van der Waals surface area contributed by atoms with Gasteiger partial charge >= 0.3 is 377 Å². The first kappa shape index (κ1) is 42.8. The molecular weight excluding hydrogens is 884 g/mol. The Labute approximate surface area is 375 Å². The first-order chi connectivity index (χ1) is 31.6. The molecular formula is C48H42N4O8P4. The van der Waals surface area contributed by atoms with Gasteiger partial charge in [0.25, 0.3) is 0 Å². The number of para-hydroxylation sites is 8. The van der Waals surface area contributed by atoms with Crippen LogP contribution in [0.3, 0.4) is 0 Å². The molecule has 0 saturated carbocycles. The fourth-order valence-corrected chi connectivity index (χ4v) is 18.1. The molecule has 0 aromatic heterocycles. The van der Waals surface area contributed by atoms with Gasteiger partial charge in [0.1, 0.15) is 0 Å². The summed E-state index contributed by atoms with van der Waals surface area (Å²) >= 11 is 0. The van der Waals surface area contributed by atoms with Gasteiger partial charge < -0.3 is 0 Å². The predicted octanol–water partition coefficient (Wildman–Crippen LogP) is 14.5. The molecule has 0 bridgehead atoms. The molecule has 0 spiro atoms. The van der Waals surface area contributed by atoms with Gasteiger partial charge in [-0.25, -0.2) is 0 Å². The second-order valence-corrected chi connectivity index (χ2v) is 21.9. The van der Waals surface area contributed by atoms with Crippen LogP contribution in [0.25, 0.3) is 0 Å². The molecule has 0 aliphatic carbocycles. The normalized spacial score (nSPS) is 17.6. The second kappa shape index (κ2) is 19.9. The number of hydrogen-bond donors (Lipinski definition) is 1. The SMILES string of the molecule is c1ccc(ON2P(Oc3ccccc3)NPN=P(Oc3ccccc3)(Oc3ccccc3)N(Oc3ccccc3)P2(Oc2ccccc2)(Oc2ccccc2)Oc2ccccc2)cc1. The second-order valence-electron chi connectivity index (χ2n) is 13.6. The Kier molecular flexibility index (Phi) is 13.4. The first-order valence-electron chi connectivity index (χ1n) is 20.1. The van der Waals surface area contributed by atoms with E-state index in [9.17, 15) is 0 Å². The molecule has 16 heteroatoms. The molecule has 64 heavy (non-hydrogen) atoms. The Bertz CT molecular complexity index is 2580. The van der Waals surface area contributed by atoms with E-state index in [-0.39, 0.29) is 0 Å². The molecule has 8 aromatic carbocycles. The Hall–Kier alpha value is -6.44. The van der Waals surface area contributed by atoms with E-state index in [0.717, 1.165) is 0 Å². The van der Waals surface area contributed by atoms with Crippen molar-refractivity contribution >= 4 is 32.6 Å². The van der Waals surface area contributed by atoms with Gasteiger partial charge in [0.05, 0.1) is 0 Å². The van der Waals surface area contributed by atoms with E-state index in [1.54, 1.807) is 48.5 Å². The third-order valence-corrected chi connectivity index (χ3v) is 19.6. The molecule has 1 aliphatic rings. The Balaban J connectivity index is 1.47. The van der Waals surface area contributed by atoms with E-state index in [2.05, 4.69) is 4.86 Å². The molecule has 322 valence electrons. The Morgan fingerprint density at radius 2 is 0.703 bits per heavy atom. The van der Waals surface area contributed by atoms with Crippen molar-refractivity contribution in [2.45, 2.75) is 0 Å². The van der Waals surface area contributed by atoms with Crippen molar-refractivity contribution in [1.29, 1.82) is 0 Å². The van der Waals surface area contributed by atoms with Gasteiger partial charge in [0, 0.05) is 0 Å². The Morgan fingerprint density at radius 3 is 1.08 bits per heavy atom. The third-order valence-electron chi connectivity index (χ3n) is 9.01. The van der Waals surface area contributed by atoms with Crippen LogP contribution in [-0.4, -0.2) is 9.21 Å². The number of benzene rings is 8. The van der Waals surface area contributed by atoms with Gasteiger partial charge in [-0.2, -0.15) is 0 Å². The minimum absolute atomic E-state index is 0.297. The van der Waals surface area contributed by atoms with Crippen molar-refractivity contribution in [2.75, 3.05) is 0 Å². The molecule has 1 heterocycles. The zero-order valence-electron chi connectivity index (χ0n) is 34.0. The van der Waals surface area contributed by atoms with Crippen LogP contribution >= 0.6 is 32.6 Å². The van der Waals surface area contributed by atoms with Crippen molar-refractivity contribution in [3.8, 4) is 46.0 Å². The molecule has 1 N–H and O–H groups in total. The first-order valence-corrected chi connectivity index (χ1v) is 25.7. The van der Waals surface area contributed by atoms with E-state index in [0.29, 0.717) is 46.0 Å². The summed E-state index contributed by atoms with van der Waals surface area (Å²) in [7, 11) is -13.2. The third kappa shape index (κ3) is 9.70. The van der Waals surface area contributed by atoms with Gasteiger partial charge in [-0.15, -0.1) is 0 Å². The van der Waals surface area contributed by atoms with E-state index >= 15 is 0 Å². The van der Waals surface area contributed by atoms with Crippen molar-refractivity contribution in [3.05, 3.63) is 243 Å². The van der Waals surface area contributed by atoms with Crippen LogP contribution in [0.15, 0.2) is 247 Å². The molecule has 2 atom stereocenters. The van der Waals surface area contributed by atoms with Crippen molar-refractivity contribution in [1.82, 2.24) is 14.1 Å². The van der Waals surface area contributed by atoms with Crippen LogP contribution < -0.4 is 41.7 Å². The van der Waals surface area contributed by atoms with Gasteiger partial charge in [0.2, 0.25) is 0 Å². The summed E-state index contributed by atoms with van der Waals surface area (Å²) in [4.78, 5) is 18.2. The minimum atomic E-state index is -6.12. The average molecular weight is 927 g/mol. The molecule has 12 nitrogen and oxygen atoms in total. The van der Waals surface area contributed by atoms with E-state index in [1.165, 1.54) is 9.21 Å². The van der Waals surface area contributed by atoms with Crippen LogP contribution in [0.4, 0.5) is 0 Å². The molecule has 0 fully saturated rings. The predicted molar refractivity (Wildman–Crippen MR) is 255 cm³/mol. The van der Waals surface area contributed by atoms with E-state index in [1.807, 2.05) is 194 Å². The van der Waals surface area contributed by atoms with Crippen molar-refractivity contribution < 1.29 is 36.8 Å². The molecule has 0 radical (unpaired) electrons. The summed E-state index contributed by atoms with van der Waals surface area (Å²) < 4.78 is 53.1. The van der Waals surface area contributed by atoms with Crippen LogP contribution in [-0.2, 0) is 0 Å². The van der Waals surface area contributed by atoms with Crippen LogP contribution in [0.2, 0.25) is 0 Å². The zero-order valence-corrected chi connectivity index (χ0v) is 37.7. The quantitative estimate of drug-likeness (QED) is 0.0937. The topological polar surface area (TPSA) is 105 Å². The summed E-state index contributed by atoms with van der Waals surface area (Å²) in [5, 5.41) is 0. The number of nitrogens with zero attached hydrogens (tertiary/aromatic N) is 3. The number of hydrogen-bond acceptors (Lipinski definition) is 12. The van der Waals surface area contributed by atoms with E-state index < -0.39 is 32.6 Å². The van der Waals surface area contributed by atoms with Gasteiger partial charge in [-0.05, 0) is 0 Å². The van der Waals surface area contributed by atoms with E-state index in [4.69, 9.17) is 41.3 Å². The molecule has 8 aromatic rings. The van der Waals surface area contributed by atoms with Crippen LogP contribution in [0.1, 0.15) is 0 Å². The van der Waals surface area contributed by atoms with Crippen LogP contribution in [0, 0.1) is 0 Å². The maximum atomic E-state index is 7.74.